The molecule has 18 heavy (non-hydrogen) atoms. The van der Waals surface area contributed by atoms with Gasteiger partial charge in [-0.3, -0.25) is 0 Å². The summed E-state index contributed by atoms with van der Waals surface area (Å²) in [6.45, 7) is 6.77. The van der Waals surface area contributed by atoms with Crippen LogP contribution in [0.25, 0.3) is 0 Å². The lowest BCUT2D eigenvalue weighted by atomic mass is 10.1. The lowest BCUT2D eigenvalue weighted by molar-refractivity contribution is 0.285. The first-order valence-corrected chi connectivity index (χ1v) is 6.42. The third kappa shape index (κ3) is 4.06. The number of aryl methyl sites for hydroxylation is 1. The molecule has 1 aromatic rings. The van der Waals surface area contributed by atoms with Gasteiger partial charge in [0.05, 0.1) is 13.2 Å². The first-order chi connectivity index (χ1) is 8.72. The number of halogens is 1. The van der Waals surface area contributed by atoms with Gasteiger partial charge in [0.25, 0.3) is 0 Å². The molecule has 0 saturated heterocycles. The standard InChI is InChI=1S/C15H21FO2/c1-4-7-8-9-12-10-14(17-5-2)15(18-6-3)11-13(12)16/h4,7,10-11H,5-6,8-9H2,1-3H3/b7-4-. The molecule has 0 unspecified atom stereocenters. The highest BCUT2D eigenvalue weighted by Crippen LogP contribution is 2.31. The van der Waals surface area contributed by atoms with Crippen LogP contribution in [0.15, 0.2) is 24.3 Å². The van der Waals surface area contributed by atoms with E-state index in [1.807, 2.05) is 32.9 Å². The van der Waals surface area contributed by atoms with Gasteiger partial charge in [0.2, 0.25) is 0 Å². The summed E-state index contributed by atoms with van der Waals surface area (Å²) < 4.78 is 24.7. The smallest absolute Gasteiger partial charge is 0.164 e. The van der Waals surface area contributed by atoms with Gasteiger partial charge in [0, 0.05) is 6.07 Å². The van der Waals surface area contributed by atoms with Crippen LogP contribution in [-0.4, -0.2) is 13.2 Å². The molecule has 100 valence electrons. The molecule has 0 aliphatic carbocycles. The summed E-state index contributed by atoms with van der Waals surface area (Å²) in [6.07, 6.45) is 5.49. The fourth-order valence-corrected chi connectivity index (χ4v) is 1.71. The molecule has 0 bridgehead atoms. The van der Waals surface area contributed by atoms with Crippen LogP contribution in [-0.2, 0) is 6.42 Å². The fourth-order valence-electron chi connectivity index (χ4n) is 1.71. The summed E-state index contributed by atoms with van der Waals surface area (Å²) in [4.78, 5) is 0. The number of benzene rings is 1. The highest BCUT2D eigenvalue weighted by atomic mass is 19.1. The van der Waals surface area contributed by atoms with Gasteiger partial charge in [-0.15, -0.1) is 0 Å². The predicted molar refractivity (Wildman–Crippen MR) is 71.9 cm³/mol. The number of hydrogen-bond donors (Lipinski definition) is 0. The molecular formula is C15H21FO2. The zero-order valence-electron chi connectivity index (χ0n) is 11.3. The molecule has 0 spiro atoms. The van der Waals surface area contributed by atoms with Gasteiger partial charge < -0.3 is 9.47 Å². The van der Waals surface area contributed by atoms with Crippen molar-refractivity contribution in [3.63, 3.8) is 0 Å². The SMILES string of the molecule is C/C=C\CCc1cc(OCC)c(OCC)cc1F. The Kier molecular flexibility index (Phi) is 6.26. The Labute approximate surface area is 108 Å². The normalized spacial score (nSPS) is 10.9. The molecule has 0 N–H and O–H groups in total. The van der Waals surface area contributed by atoms with Gasteiger partial charge in [-0.05, 0) is 45.2 Å². The van der Waals surface area contributed by atoms with Crippen LogP contribution in [0, 0.1) is 5.82 Å². The van der Waals surface area contributed by atoms with Crippen molar-refractivity contribution in [3.8, 4) is 11.5 Å². The van der Waals surface area contributed by atoms with Gasteiger partial charge in [-0.25, -0.2) is 4.39 Å². The topological polar surface area (TPSA) is 18.5 Å². The minimum absolute atomic E-state index is 0.230. The second-order valence-electron chi connectivity index (χ2n) is 3.86. The predicted octanol–water partition coefficient (Wildman–Crippen LogP) is 4.13. The van der Waals surface area contributed by atoms with Gasteiger partial charge in [-0.1, -0.05) is 12.2 Å². The minimum atomic E-state index is -0.230. The van der Waals surface area contributed by atoms with E-state index in [9.17, 15) is 4.39 Å². The Morgan fingerprint density at radius 1 is 1.11 bits per heavy atom. The van der Waals surface area contributed by atoms with Gasteiger partial charge in [-0.2, -0.15) is 0 Å². The maximum atomic E-state index is 13.9. The van der Waals surface area contributed by atoms with Crippen LogP contribution < -0.4 is 9.47 Å². The van der Waals surface area contributed by atoms with E-state index >= 15 is 0 Å². The van der Waals surface area contributed by atoms with Crippen LogP contribution >= 0.6 is 0 Å². The van der Waals surface area contributed by atoms with Gasteiger partial charge in [0.1, 0.15) is 5.82 Å². The molecular weight excluding hydrogens is 231 g/mol. The molecule has 0 atom stereocenters. The Balaban J connectivity index is 2.94. The number of hydrogen-bond acceptors (Lipinski definition) is 2. The lowest BCUT2D eigenvalue weighted by Gasteiger charge is -2.13. The molecule has 3 heteroatoms. The zero-order valence-corrected chi connectivity index (χ0v) is 11.3. The van der Waals surface area contributed by atoms with Crippen LogP contribution in [0.2, 0.25) is 0 Å². The van der Waals surface area contributed by atoms with Crippen molar-refractivity contribution >= 4 is 0 Å². The average Bonchev–Trinajstić information content (AvgIpc) is 2.35. The summed E-state index contributed by atoms with van der Waals surface area (Å²) in [5.74, 6) is 0.870. The quantitative estimate of drug-likeness (QED) is 0.679. The molecule has 0 saturated carbocycles. The maximum Gasteiger partial charge on any atom is 0.164 e. The molecule has 1 aromatic carbocycles. The maximum absolute atomic E-state index is 13.9. The molecule has 0 amide bonds. The van der Waals surface area contributed by atoms with Gasteiger partial charge >= 0.3 is 0 Å². The van der Waals surface area contributed by atoms with Crippen LogP contribution in [0.1, 0.15) is 32.8 Å². The average molecular weight is 252 g/mol. The number of allylic oxidation sites excluding steroid dienone is 2. The third-order valence-electron chi connectivity index (χ3n) is 2.53. The van der Waals surface area contributed by atoms with Gasteiger partial charge in [0.15, 0.2) is 11.5 Å². The summed E-state index contributed by atoms with van der Waals surface area (Å²) in [5.41, 5.74) is 0.667. The lowest BCUT2D eigenvalue weighted by Crippen LogP contribution is -2.01. The molecule has 1 rings (SSSR count). The van der Waals surface area contributed by atoms with Crippen LogP contribution in [0.3, 0.4) is 0 Å². The van der Waals surface area contributed by atoms with Crippen LogP contribution in [0.4, 0.5) is 4.39 Å². The third-order valence-corrected chi connectivity index (χ3v) is 2.53. The zero-order chi connectivity index (χ0) is 13.4. The summed E-state index contributed by atoms with van der Waals surface area (Å²) >= 11 is 0. The largest absolute Gasteiger partial charge is 0.490 e. The molecule has 0 heterocycles. The van der Waals surface area contributed by atoms with Crippen molar-refractivity contribution in [2.45, 2.75) is 33.6 Å². The van der Waals surface area contributed by atoms with Crippen LogP contribution in [0.5, 0.6) is 11.5 Å². The fraction of sp³-hybridized carbons (Fsp3) is 0.467. The molecule has 2 nitrogen and oxygen atoms in total. The van der Waals surface area contributed by atoms with Crippen molar-refractivity contribution in [2.24, 2.45) is 0 Å². The van der Waals surface area contributed by atoms with E-state index < -0.39 is 0 Å². The molecule has 0 aromatic heterocycles. The monoisotopic (exact) mass is 252 g/mol. The van der Waals surface area contributed by atoms with E-state index in [4.69, 9.17) is 9.47 Å². The molecule has 0 radical (unpaired) electrons. The summed E-state index contributed by atoms with van der Waals surface area (Å²) in [6, 6.07) is 3.16. The first kappa shape index (κ1) is 14.6. The van der Waals surface area contributed by atoms with E-state index in [1.165, 1.54) is 6.07 Å². The van der Waals surface area contributed by atoms with E-state index in [0.717, 1.165) is 6.42 Å². The summed E-state index contributed by atoms with van der Waals surface area (Å²) in [7, 11) is 0. The number of rotatable bonds is 7. The van der Waals surface area contributed by atoms with Crippen molar-refractivity contribution in [1.82, 2.24) is 0 Å². The summed E-state index contributed by atoms with van der Waals surface area (Å²) in [5, 5.41) is 0. The minimum Gasteiger partial charge on any atom is -0.490 e. The van der Waals surface area contributed by atoms with Crippen molar-refractivity contribution in [3.05, 3.63) is 35.7 Å². The Hall–Kier alpha value is -1.51. The number of ether oxygens (including phenoxy) is 2. The second-order valence-corrected chi connectivity index (χ2v) is 3.86. The van der Waals surface area contributed by atoms with Crippen molar-refractivity contribution in [2.75, 3.05) is 13.2 Å². The van der Waals surface area contributed by atoms with E-state index in [-0.39, 0.29) is 5.82 Å². The highest BCUT2D eigenvalue weighted by Gasteiger charge is 2.11. The van der Waals surface area contributed by atoms with E-state index in [1.54, 1.807) is 6.07 Å². The second kappa shape index (κ2) is 7.75. The first-order valence-electron chi connectivity index (χ1n) is 6.42. The molecule has 0 fully saturated rings. The Morgan fingerprint density at radius 2 is 1.72 bits per heavy atom. The Bertz CT molecular complexity index is 400. The Morgan fingerprint density at radius 3 is 2.28 bits per heavy atom. The molecule has 0 aliphatic rings. The van der Waals surface area contributed by atoms with Crippen molar-refractivity contribution < 1.29 is 13.9 Å². The van der Waals surface area contributed by atoms with E-state index in [2.05, 4.69) is 0 Å². The van der Waals surface area contributed by atoms with E-state index in [0.29, 0.717) is 36.7 Å². The highest BCUT2D eigenvalue weighted by molar-refractivity contribution is 5.44. The van der Waals surface area contributed by atoms with Crippen molar-refractivity contribution in [1.29, 1.82) is 0 Å². The molecule has 0 aliphatic heterocycles.